The lowest BCUT2D eigenvalue weighted by molar-refractivity contribution is -0.143. The molecule has 1 aromatic heterocycles. The fourth-order valence-electron chi connectivity index (χ4n) is 2.33. The van der Waals surface area contributed by atoms with Crippen LogP contribution in [0, 0.1) is 5.92 Å². The summed E-state index contributed by atoms with van der Waals surface area (Å²) in [7, 11) is 0. The van der Waals surface area contributed by atoms with E-state index in [9.17, 15) is 9.59 Å². The van der Waals surface area contributed by atoms with Gasteiger partial charge in [0.05, 0.1) is 0 Å². The quantitative estimate of drug-likeness (QED) is 0.825. The van der Waals surface area contributed by atoms with E-state index in [0.29, 0.717) is 6.54 Å². The average Bonchev–Trinajstić information content (AvgIpc) is 2.84. The van der Waals surface area contributed by atoms with Crippen molar-refractivity contribution < 1.29 is 14.7 Å². The molecule has 0 unspecified atom stereocenters. The first-order valence-corrected chi connectivity index (χ1v) is 7.94. The van der Waals surface area contributed by atoms with E-state index in [0.717, 1.165) is 15.4 Å². The zero-order valence-corrected chi connectivity index (χ0v) is 14.1. The van der Waals surface area contributed by atoms with Crippen LogP contribution in [0.2, 0.25) is 0 Å². The predicted molar refractivity (Wildman–Crippen MR) is 88.7 cm³/mol. The van der Waals surface area contributed by atoms with E-state index >= 15 is 0 Å². The third kappa shape index (κ3) is 3.88. The maximum absolute atomic E-state index is 12.0. The number of benzene rings is 1. The molecule has 1 aromatic carbocycles. The first-order valence-electron chi connectivity index (χ1n) is 7.15. The van der Waals surface area contributed by atoms with Gasteiger partial charge in [-0.2, -0.15) is 0 Å². The first-order chi connectivity index (χ1) is 10.4. The molecule has 0 aliphatic rings. The van der Waals surface area contributed by atoms with E-state index in [1.54, 1.807) is 13.8 Å². The van der Waals surface area contributed by atoms with E-state index in [1.807, 2.05) is 35.0 Å². The highest BCUT2D eigenvalue weighted by Crippen LogP contribution is 2.21. The van der Waals surface area contributed by atoms with Crippen molar-refractivity contribution >= 4 is 38.7 Å². The lowest BCUT2D eigenvalue weighted by Crippen LogP contribution is -2.44. The second-order valence-corrected chi connectivity index (χ2v) is 6.51. The number of aliphatic carboxylic acids is 1. The topological polar surface area (TPSA) is 71.3 Å². The molecule has 0 spiro atoms. The molecular formula is C16H19BrN2O3. The van der Waals surface area contributed by atoms with E-state index < -0.39 is 12.0 Å². The zero-order valence-electron chi connectivity index (χ0n) is 12.5. The van der Waals surface area contributed by atoms with Gasteiger partial charge in [0.2, 0.25) is 5.91 Å². The van der Waals surface area contributed by atoms with Gasteiger partial charge in [-0.1, -0.05) is 35.8 Å². The molecule has 0 fully saturated rings. The SMILES string of the molecule is CC(C)[C@H](NC(=O)CCn1ccc2ccc(Br)cc21)C(=O)O. The van der Waals surface area contributed by atoms with Crippen molar-refractivity contribution in [2.24, 2.45) is 5.92 Å². The number of carboxylic acids is 1. The summed E-state index contributed by atoms with van der Waals surface area (Å²) in [6.45, 7) is 4.06. The van der Waals surface area contributed by atoms with Crippen LogP contribution in [-0.4, -0.2) is 27.6 Å². The van der Waals surface area contributed by atoms with Crippen molar-refractivity contribution in [3.05, 3.63) is 34.9 Å². The monoisotopic (exact) mass is 366 g/mol. The third-order valence-corrected chi connectivity index (χ3v) is 4.06. The van der Waals surface area contributed by atoms with Gasteiger partial charge in [-0.15, -0.1) is 0 Å². The zero-order chi connectivity index (χ0) is 16.3. The molecule has 1 amide bonds. The number of nitrogens with zero attached hydrogens (tertiary/aromatic N) is 1. The van der Waals surface area contributed by atoms with Crippen LogP contribution in [0.1, 0.15) is 20.3 Å². The summed E-state index contributed by atoms with van der Waals surface area (Å²) >= 11 is 3.44. The number of aromatic nitrogens is 1. The summed E-state index contributed by atoms with van der Waals surface area (Å²) in [6, 6.07) is 7.13. The summed E-state index contributed by atoms with van der Waals surface area (Å²) in [4.78, 5) is 23.1. The Balaban J connectivity index is 2.01. The Kier molecular flexibility index (Phi) is 5.24. The van der Waals surface area contributed by atoms with Gasteiger partial charge in [-0.05, 0) is 29.5 Å². The summed E-state index contributed by atoms with van der Waals surface area (Å²) < 4.78 is 2.97. The van der Waals surface area contributed by atoms with Crippen molar-refractivity contribution in [3.63, 3.8) is 0 Å². The number of hydrogen-bond acceptors (Lipinski definition) is 2. The Hall–Kier alpha value is -1.82. The Bertz CT molecular complexity index is 694. The van der Waals surface area contributed by atoms with E-state index in [2.05, 4.69) is 21.2 Å². The maximum Gasteiger partial charge on any atom is 0.326 e. The lowest BCUT2D eigenvalue weighted by atomic mass is 10.0. The van der Waals surface area contributed by atoms with Gasteiger partial charge in [0.25, 0.3) is 0 Å². The van der Waals surface area contributed by atoms with Gasteiger partial charge in [-0.25, -0.2) is 4.79 Å². The number of rotatable bonds is 6. The van der Waals surface area contributed by atoms with Crippen molar-refractivity contribution in [2.75, 3.05) is 0 Å². The van der Waals surface area contributed by atoms with Crippen LogP contribution >= 0.6 is 15.9 Å². The lowest BCUT2D eigenvalue weighted by Gasteiger charge is -2.18. The molecule has 22 heavy (non-hydrogen) atoms. The molecule has 1 atom stereocenters. The molecule has 118 valence electrons. The molecule has 0 aliphatic heterocycles. The number of carbonyl (C=O) groups is 2. The Morgan fingerprint density at radius 2 is 2.05 bits per heavy atom. The Morgan fingerprint density at radius 1 is 1.32 bits per heavy atom. The van der Waals surface area contributed by atoms with Crippen molar-refractivity contribution in [1.29, 1.82) is 0 Å². The summed E-state index contributed by atoms with van der Waals surface area (Å²) in [6.07, 6.45) is 2.17. The average molecular weight is 367 g/mol. The molecule has 0 aliphatic carbocycles. The normalized spacial score (nSPS) is 12.5. The van der Waals surface area contributed by atoms with Gasteiger partial charge < -0.3 is 15.0 Å². The minimum absolute atomic E-state index is 0.148. The first kappa shape index (κ1) is 16.5. The second kappa shape index (κ2) is 6.96. The molecule has 0 saturated carbocycles. The van der Waals surface area contributed by atoms with Crippen LogP contribution in [0.15, 0.2) is 34.9 Å². The fourth-order valence-corrected chi connectivity index (χ4v) is 2.68. The fraction of sp³-hybridized carbons (Fsp3) is 0.375. The molecule has 0 radical (unpaired) electrons. The van der Waals surface area contributed by atoms with E-state index in [1.165, 1.54) is 0 Å². The van der Waals surface area contributed by atoms with Gasteiger partial charge in [0, 0.05) is 29.2 Å². The van der Waals surface area contributed by atoms with E-state index in [-0.39, 0.29) is 18.2 Å². The number of carboxylic acid groups (broad SMARTS) is 1. The highest BCUT2D eigenvalue weighted by molar-refractivity contribution is 9.10. The number of nitrogens with one attached hydrogen (secondary N) is 1. The van der Waals surface area contributed by atoms with Crippen LogP contribution in [0.3, 0.4) is 0 Å². The Morgan fingerprint density at radius 3 is 2.68 bits per heavy atom. The molecule has 2 aromatic rings. The number of fused-ring (bicyclic) bond motifs is 1. The minimum Gasteiger partial charge on any atom is -0.480 e. The van der Waals surface area contributed by atoms with Crippen LogP contribution in [0.25, 0.3) is 10.9 Å². The molecular weight excluding hydrogens is 348 g/mol. The summed E-state index contributed by atoms with van der Waals surface area (Å²) in [5, 5.41) is 12.8. The van der Waals surface area contributed by atoms with Crippen LogP contribution in [0.4, 0.5) is 0 Å². The smallest absolute Gasteiger partial charge is 0.326 e. The Labute approximate surface area is 137 Å². The number of hydrogen-bond donors (Lipinski definition) is 2. The van der Waals surface area contributed by atoms with Crippen LogP contribution in [0.5, 0.6) is 0 Å². The highest BCUT2D eigenvalue weighted by Gasteiger charge is 2.23. The molecule has 6 heteroatoms. The molecule has 0 saturated heterocycles. The second-order valence-electron chi connectivity index (χ2n) is 5.59. The number of aryl methyl sites for hydroxylation is 1. The van der Waals surface area contributed by atoms with Crippen molar-refractivity contribution in [3.8, 4) is 0 Å². The largest absolute Gasteiger partial charge is 0.480 e. The number of amides is 1. The predicted octanol–water partition coefficient (Wildman–Crippen LogP) is 3.02. The number of carbonyl (C=O) groups excluding carboxylic acids is 1. The molecule has 2 rings (SSSR count). The third-order valence-electron chi connectivity index (χ3n) is 3.56. The van der Waals surface area contributed by atoms with E-state index in [4.69, 9.17) is 5.11 Å². The van der Waals surface area contributed by atoms with Gasteiger partial charge in [0.1, 0.15) is 6.04 Å². The van der Waals surface area contributed by atoms with Gasteiger partial charge in [0.15, 0.2) is 0 Å². The van der Waals surface area contributed by atoms with Crippen molar-refractivity contribution in [2.45, 2.75) is 32.9 Å². The number of halogens is 1. The van der Waals surface area contributed by atoms with Crippen LogP contribution in [-0.2, 0) is 16.1 Å². The van der Waals surface area contributed by atoms with Crippen molar-refractivity contribution in [1.82, 2.24) is 9.88 Å². The maximum atomic E-state index is 12.0. The van der Waals surface area contributed by atoms with Gasteiger partial charge >= 0.3 is 5.97 Å². The van der Waals surface area contributed by atoms with Crippen LogP contribution < -0.4 is 5.32 Å². The van der Waals surface area contributed by atoms with Gasteiger partial charge in [-0.3, -0.25) is 4.79 Å². The summed E-state index contributed by atoms with van der Waals surface area (Å²) in [5.41, 5.74) is 1.04. The molecule has 1 heterocycles. The summed E-state index contributed by atoms with van der Waals surface area (Å²) in [5.74, 6) is -1.40. The highest BCUT2D eigenvalue weighted by atomic mass is 79.9. The standard InChI is InChI=1S/C16H19BrN2O3/c1-10(2)15(16(21)22)18-14(20)6-8-19-7-5-11-3-4-12(17)9-13(11)19/h3-5,7,9-10,15H,6,8H2,1-2H3,(H,18,20)(H,21,22)/t15-/m0/s1. The molecule has 5 nitrogen and oxygen atoms in total. The molecule has 0 bridgehead atoms. The molecule has 2 N–H and O–H groups in total. The minimum atomic E-state index is -1.00.